The van der Waals surface area contributed by atoms with Crippen LogP contribution in [-0.4, -0.2) is 66.5 Å². The average molecular weight is 764 g/mol. The van der Waals surface area contributed by atoms with Crippen LogP contribution >= 0.6 is 0 Å². The van der Waals surface area contributed by atoms with Gasteiger partial charge in [-0.2, -0.15) is 0 Å². The molecule has 2 fully saturated rings. The van der Waals surface area contributed by atoms with Crippen molar-refractivity contribution in [3.8, 4) is 17.2 Å². The second kappa shape index (κ2) is 13.9. The summed E-state index contributed by atoms with van der Waals surface area (Å²) in [6.07, 6.45) is 3.20. The van der Waals surface area contributed by atoms with Gasteiger partial charge in [-0.15, -0.1) is 0 Å². The van der Waals surface area contributed by atoms with Crippen LogP contribution in [0.1, 0.15) is 74.7 Å². The normalized spacial score (nSPS) is 17.4. The second-order valence-corrected chi connectivity index (χ2v) is 15.8. The van der Waals surface area contributed by atoms with Crippen molar-refractivity contribution in [1.29, 1.82) is 0 Å². The van der Waals surface area contributed by atoms with Crippen molar-refractivity contribution in [3.63, 3.8) is 0 Å². The summed E-state index contributed by atoms with van der Waals surface area (Å²) in [6.45, 7) is 3.88. The van der Waals surface area contributed by atoms with E-state index in [2.05, 4.69) is 23.2 Å². The Balaban J connectivity index is 0.836. The van der Waals surface area contributed by atoms with Gasteiger partial charge in [0.25, 0.3) is 11.8 Å². The predicted molar refractivity (Wildman–Crippen MR) is 216 cm³/mol. The van der Waals surface area contributed by atoms with Crippen LogP contribution in [0.25, 0.3) is 21.9 Å². The number of fused-ring (bicyclic) bond motifs is 5. The monoisotopic (exact) mass is 763 g/mol. The number of H-pyrrole nitrogens is 1. The van der Waals surface area contributed by atoms with Crippen LogP contribution in [0.15, 0.2) is 94.1 Å². The van der Waals surface area contributed by atoms with Crippen molar-refractivity contribution < 1.29 is 28.1 Å². The standard InChI is InChI=1S/C44H42BN5O7/c46-23-26-3-1-4-29(17-26)28-9-13-49(14-10-28)41(51)32-19-30-20-39-40(22-38(30)55-43(32)53)57-45(56-39)34-5-2-6-35-31(34)21-36(48-35)42(52)50-15-11-44(12-16-50)25-54-37-8-7-27(24-47)18-33(37)44/h1-8,17-22,28,48H,9-16,23-25,46-47H2. The summed E-state index contributed by atoms with van der Waals surface area (Å²) in [5.41, 5.74) is 17.9. The molecule has 1 spiro atoms. The zero-order valence-corrected chi connectivity index (χ0v) is 31.4. The molecule has 0 saturated carbocycles. The molecule has 4 aliphatic rings. The lowest BCUT2D eigenvalue weighted by Crippen LogP contribution is -2.46. The number of hydrogen-bond acceptors (Lipinski definition) is 9. The van der Waals surface area contributed by atoms with E-state index in [0.717, 1.165) is 58.9 Å². The Hall–Kier alpha value is -6.05. The number of hydrogen-bond donors (Lipinski definition) is 3. The summed E-state index contributed by atoms with van der Waals surface area (Å²) >= 11 is 0. The lowest BCUT2D eigenvalue weighted by Gasteiger charge is -2.38. The van der Waals surface area contributed by atoms with Gasteiger partial charge in [-0.05, 0) is 78.6 Å². The van der Waals surface area contributed by atoms with E-state index >= 15 is 0 Å². The number of likely N-dealkylation sites (tertiary alicyclic amines) is 2. The zero-order chi connectivity index (χ0) is 38.8. The van der Waals surface area contributed by atoms with Gasteiger partial charge in [-0.25, -0.2) is 4.79 Å². The van der Waals surface area contributed by atoms with Crippen LogP contribution in [0.2, 0.25) is 0 Å². The number of benzene rings is 4. The van der Waals surface area contributed by atoms with E-state index in [0.29, 0.717) is 80.0 Å². The Morgan fingerprint density at radius 1 is 0.789 bits per heavy atom. The molecule has 288 valence electrons. The topological polar surface area (TPSA) is 166 Å². The first kappa shape index (κ1) is 35.4. The lowest BCUT2D eigenvalue weighted by molar-refractivity contribution is 0.0641. The van der Waals surface area contributed by atoms with E-state index in [4.69, 9.17) is 29.9 Å². The summed E-state index contributed by atoms with van der Waals surface area (Å²) in [7, 11) is -0.811. The third-order valence-corrected chi connectivity index (χ3v) is 12.5. The van der Waals surface area contributed by atoms with Gasteiger partial charge >= 0.3 is 12.7 Å². The highest BCUT2D eigenvalue weighted by molar-refractivity contribution is 6.66. The van der Waals surface area contributed by atoms with Crippen LogP contribution in [0.5, 0.6) is 17.2 Å². The number of rotatable bonds is 6. The fourth-order valence-electron chi connectivity index (χ4n) is 9.16. The minimum absolute atomic E-state index is 0.0122. The van der Waals surface area contributed by atoms with Gasteiger partial charge in [0.1, 0.15) is 34.1 Å². The fourth-order valence-corrected chi connectivity index (χ4v) is 9.16. The third-order valence-electron chi connectivity index (χ3n) is 12.5. The van der Waals surface area contributed by atoms with Crippen LogP contribution in [0.3, 0.4) is 0 Å². The molecule has 0 unspecified atom stereocenters. The molecule has 0 aliphatic carbocycles. The van der Waals surface area contributed by atoms with Gasteiger partial charge in [0.15, 0.2) is 0 Å². The van der Waals surface area contributed by atoms with Crippen LogP contribution in [0, 0.1) is 0 Å². The Morgan fingerprint density at radius 3 is 2.32 bits per heavy atom. The van der Waals surface area contributed by atoms with Crippen LogP contribution < -0.4 is 36.6 Å². The van der Waals surface area contributed by atoms with Crippen molar-refractivity contribution in [2.45, 2.75) is 50.1 Å². The quantitative estimate of drug-likeness (QED) is 0.157. The number of amides is 2. The summed E-state index contributed by atoms with van der Waals surface area (Å²) in [5.74, 6) is 1.71. The van der Waals surface area contributed by atoms with Crippen LogP contribution in [0.4, 0.5) is 0 Å². The smallest absolute Gasteiger partial charge is 0.519 e. The van der Waals surface area contributed by atoms with E-state index in [1.54, 1.807) is 23.1 Å². The zero-order valence-electron chi connectivity index (χ0n) is 31.4. The molecule has 0 radical (unpaired) electrons. The molecule has 0 bridgehead atoms. The van der Waals surface area contributed by atoms with E-state index in [1.807, 2.05) is 53.4 Å². The van der Waals surface area contributed by atoms with Gasteiger partial charge in [0, 0.05) is 78.1 Å². The first-order valence-corrected chi connectivity index (χ1v) is 19.7. The number of nitrogens with two attached hydrogens (primary N) is 2. The fraction of sp³-hybridized carbons (Fsp3) is 0.295. The summed E-state index contributed by atoms with van der Waals surface area (Å²) in [6, 6.07) is 27.0. The number of carbonyl (C=O) groups excluding carboxylic acids is 2. The first-order chi connectivity index (χ1) is 27.8. The molecule has 0 atom stereocenters. The van der Waals surface area contributed by atoms with Crippen molar-refractivity contribution in [2.24, 2.45) is 11.5 Å². The molecule has 10 rings (SSSR count). The van der Waals surface area contributed by atoms with Crippen molar-refractivity contribution in [3.05, 3.63) is 129 Å². The van der Waals surface area contributed by atoms with Crippen molar-refractivity contribution in [2.75, 3.05) is 32.8 Å². The van der Waals surface area contributed by atoms with Crippen LogP contribution in [-0.2, 0) is 18.5 Å². The number of carbonyl (C=O) groups is 2. The molecular weight excluding hydrogens is 721 g/mol. The molecule has 4 aliphatic heterocycles. The highest BCUT2D eigenvalue weighted by Gasteiger charge is 2.44. The summed E-state index contributed by atoms with van der Waals surface area (Å²) in [5, 5.41) is 1.36. The molecule has 13 heteroatoms. The molecule has 6 heterocycles. The molecule has 2 aromatic heterocycles. The number of aromatic nitrogens is 1. The van der Waals surface area contributed by atoms with E-state index in [9.17, 15) is 14.4 Å². The van der Waals surface area contributed by atoms with E-state index in [-0.39, 0.29) is 22.8 Å². The molecular formula is C44H42BN5O7. The Labute approximate surface area is 328 Å². The van der Waals surface area contributed by atoms with Crippen molar-refractivity contribution >= 4 is 46.3 Å². The Bertz CT molecular complexity index is 2640. The van der Waals surface area contributed by atoms with Crippen molar-refractivity contribution in [1.82, 2.24) is 14.8 Å². The van der Waals surface area contributed by atoms with Gasteiger partial charge in [0.2, 0.25) is 0 Å². The number of nitrogens with one attached hydrogen (secondary N) is 1. The molecule has 5 N–H and O–H groups in total. The Kier molecular flexibility index (Phi) is 8.60. The average Bonchev–Trinajstić information content (AvgIpc) is 3.98. The number of piperidine rings is 2. The Morgan fingerprint density at radius 2 is 1.53 bits per heavy atom. The largest absolute Gasteiger partial charge is 0.633 e. The molecule has 2 saturated heterocycles. The minimum atomic E-state index is -0.811. The maximum Gasteiger partial charge on any atom is 0.633 e. The van der Waals surface area contributed by atoms with Gasteiger partial charge in [0.05, 0.1) is 6.61 Å². The molecule has 12 nitrogen and oxygen atoms in total. The number of aromatic amines is 1. The SMILES string of the molecule is NCc1cccc(C2CCN(C(=O)c3cc4cc5c(cc4oc3=O)OB(c3cccc4[nH]c(C(=O)N6CCC7(CC6)COc6ccc(CN)cc67)cc34)O5)CC2)c1. The van der Waals surface area contributed by atoms with E-state index in [1.165, 1.54) is 11.1 Å². The van der Waals surface area contributed by atoms with Gasteiger partial charge in [-0.1, -0.05) is 48.5 Å². The molecule has 4 aromatic carbocycles. The maximum absolute atomic E-state index is 13.9. The van der Waals surface area contributed by atoms with Gasteiger partial charge in [-0.3, -0.25) is 9.59 Å². The minimum Gasteiger partial charge on any atom is -0.519 e. The highest BCUT2D eigenvalue weighted by Crippen LogP contribution is 2.46. The van der Waals surface area contributed by atoms with E-state index < -0.39 is 12.7 Å². The lowest BCUT2D eigenvalue weighted by atomic mass is 9.74. The maximum atomic E-state index is 13.9. The predicted octanol–water partition coefficient (Wildman–Crippen LogP) is 4.94. The number of nitrogens with zero attached hydrogens (tertiary/aromatic N) is 2. The third kappa shape index (κ3) is 6.12. The van der Waals surface area contributed by atoms with Gasteiger partial charge < -0.3 is 44.7 Å². The molecule has 6 aromatic rings. The summed E-state index contributed by atoms with van der Waals surface area (Å²) in [4.78, 5) is 47.6. The second-order valence-electron chi connectivity index (χ2n) is 15.8. The first-order valence-electron chi connectivity index (χ1n) is 19.7. The molecule has 2 amide bonds. The highest BCUT2D eigenvalue weighted by atomic mass is 16.6. The summed E-state index contributed by atoms with van der Waals surface area (Å²) < 4.78 is 24.4. The molecule has 57 heavy (non-hydrogen) atoms. The number of ether oxygens (including phenoxy) is 1.